The molecule has 2 rings (SSSR count). The van der Waals surface area contributed by atoms with Gasteiger partial charge >= 0.3 is 0 Å². The lowest BCUT2D eigenvalue weighted by atomic mass is 9.72. The minimum Gasteiger partial charge on any atom is -0.342 e. The van der Waals surface area contributed by atoms with E-state index in [4.69, 9.17) is 0 Å². The van der Waals surface area contributed by atoms with Crippen molar-refractivity contribution in [2.45, 2.75) is 52.9 Å². The quantitative estimate of drug-likeness (QED) is 0.714. The van der Waals surface area contributed by atoms with E-state index in [0.717, 1.165) is 13.1 Å². The van der Waals surface area contributed by atoms with E-state index in [9.17, 15) is 4.79 Å². The van der Waals surface area contributed by atoms with Gasteiger partial charge in [-0.15, -0.1) is 0 Å². The highest BCUT2D eigenvalue weighted by Crippen LogP contribution is 2.40. The van der Waals surface area contributed by atoms with Crippen LogP contribution in [0, 0.1) is 11.3 Å². The van der Waals surface area contributed by atoms with E-state index in [2.05, 4.69) is 16.7 Å². The fourth-order valence-corrected chi connectivity index (χ4v) is 3.53. The summed E-state index contributed by atoms with van der Waals surface area (Å²) in [6.07, 6.45) is 6.46. The molecule has 0 aromatic rings. The number of carbonyl (C=O) groups is 1. The summed E-state index contributed by atoms with van der Waals surface area (Å²) in [5.41, 5.74) is 0.556. The molecule has 0 aliphatic carbocycles. The Morgan fingerprint density at radius 3 is 2.32 bits per heavy atom. The number of rotatable bonds is 5. The molecule has 2 aliphatic rings. The molecule has 0 bridgehead atoms. The highest BCUT2D eigenvalue weighted by molar-refractivity contribution is 5.78. The van der Waals surface area contributed by atoms with Crippen molar-refractivity contribution >= 4 is 5.91 Å². The van der Waals surface area contributed by atoms with Gasteiger partial charge in [0, 0.05) is 32.1 Å². The van der Waals surface area contributed by atoms with E-state index >= 15 is 0 Å². The van der Waals surface area contributed by atoms with Crippen molar-refractivity contribution in [2.75, 3.05) is 32.7 Å². The molecule has 3 nitrogen and oxygen atoms in total. The molecule has 0 aromatic carbocycles. The third kappa shape index (κ3) is 3.50. The van der Waals surface area contributed by atoms with Crippen molar-refractivity contribution < 1.29 is 4.79 Å². The lowest BCUT2D eigenvalue weighted by molar-refractivity contribution is -0.139. The lowest BCUT2D eigenvalue weighted by Crippen LogP contribution is -2.60. The second kappa shape index (κ2) is 6.25. The molecule has 2 saturated heterocycles. The first-order chi connectivity index (χ1) is 9.06. The summed E-state index contributed by atoms with van der Waals surface area (Å²) in [7, 11) is 0. The Kier molecular flexibility index (Phi) is 4.88. The molecule has 0 radical (unpaired) electrons. The molecule has 3 heteroatoms. The van der Waals surface area contributed by atoms with Crippen LogP contribution in [0.2, 0.25) is 0 Å². The SMILES string of the molecule is CCCCCN1CC2(CCN(C(=O)C(C)C)CC2)C1. The number of carbonyl (C=O) groups excluding carboxylic acids is 1. The number of hydrogen-bond donors (Lipinski definition) is 0. The monoisotopic (exact) mass is 266 g/mol. The van der Waals surface area contributed by atoms with Crippen LogP contribution < -0.4 is 0 Å². The van der Waals surface area contributed by atoms with E-state index in [1.165, 1.54) is 51.7 Å². The largest absolute Gasteiger partial charge is 0.342 e. The van der Waals surface area contributed by atoms with Crippen LogP contribution in [0.25, 0.3) is 0 Å². The van der Waals surface area contributed by atoms with Gasteiger partial charge in [0.15, 0.2) is 0 Å². The van der Waals surface area contributed by atoms with Crippen LogP contribution in [0.3, 0.4) is 0 Å². The van der Waals surface area contributed by atoms with Gasteiger partial charge < -0.3 is 9.80 Å². The van der Waals surface area contributed by atoms with Crippen molar-refractivity contribution in [3.63, 3.8) is 0 Å². The van der Waals surface area contributed by atoms with Crippen LogP contribution >= 0.6 is 0 Å². The van der Waals surface area contributed by atoms with Gasteiger partial charge in [0.1, 0.15) is 0 Å². The number of likely N-dealkylation sites (tertiary alicyclic amines) is 2. The molecule has 0 saturated carbocycles. The Bertz CT molecular complexity index is 298. The standard InChI is InChI=1S/C16H30N2O/c1-4-5-6-9-17-12-16(13-17)7-10-18(11-8-16)15(19)14(2)3/h14H,4-13H2,1-3H3. The summed E-state index contributed by atoms with van der Waals surface area (Å²) >= 11 is 0. The second-order valence-electron chi connectivity index (χ2n) is 6.90. The fourth-order valence-electron chi connectivity index (χ4n) is 3.53. The molecule has 2 fully saturated rings. The van der Waals surface area contributed by atoms with Crippen LogP contribution in [-0.4, -0.2) is 48.4 Å². The molecule has 1 amide bonds. The molecule has 0 unspecified atom stereocenters. The number of unbranched alkanes of at least 4 members (excludes halogenated alkanes) is 2. The number of nitrogens with zero attached hydrogens (tertiary/aromatic N) is 2. The normalized spacial score (nSPS) is 22.8. The summed E-state index contributed by atoms with van der Waals surface area (Å²) < 4.78 is 0. The van der Waals surface area contributed by atoms with E-state index < -0.39 is 0 Å². The van der Waals surface area contributed by atoms with Crippen LogP contribution in [0.15, 0.2) is 0 Å². The van der Waals surface area contributed by atoms with Gasteiger partial charge in [0.2, 0.25) is 5.91 Å². The number of piperidine rings is 1. The summed E-state index contributed by atoms with van der Waals surface area (Å²) in [5, 5.41) is 0. The van der Waals surface area contributed by atoms with Gasteiger partial charge in [-0.2, -0.15) is 0 Å². The third-order valence-electron chi connectivity index (χ3n) is 4.83. The van der Waals surface area contributed by atoms with Gasteiger partial charge in [-0.3, -0.25) is 4.79 Å². The smallest absolute Gasteiger partial charge is 0.225 e. The summed E-state index contributed by atoms with van der Waals surface area (Å²) in [5.74, 6) is 0.495. The van der Waals surface area contributed by atoms with Crippen LogP contribution in [-0.2, 0) is 4.79 Å². The Hall–Kier alpha value is -0.570. The maximum Gasteiger partial charge on any atom is 0.225 e. The Morgan fingerprint density at radius 1 is 1.16 bits per heavy atom. The van der Waals surface area contributed by atoms with Gasteiger partial charge in [-0.25, -0.2) is 0 Å². The molecule has 0 N–H and O–H groups in total. The average molecular weight is 266 g/mol. The van der Waals surface area contributed by atoms with Crippen LogP contribution in [0.5, 0.6) is 0 Å². The molecule has 110 valence electrons. The van der Waals surface area contributed by atoms with E-state index in [0.29, 0.717) is 11.3 Å². The molecule has 0 atom stereocenters. The predicted octanol–water partition coefficient (Wildman–Crippen LogP) is 2.76. The first kappa shape index (κ1) is 14.8. The predicted molar refractivity (Wildman–Crippen MR) is 79.1 cm³/mol. The van der Waals surface area contributed by atoms with Gasteiger partial charge in [0.25, 0.3) is 0 Å². The van der Waals surface area contributed by atoms with E-state index in [1.54, 1.807) is 0 Å². The van der Waals surface area contributed by atoms with Crippen LogP contribution in [0.4, 0.5) is 0 Å². The van der Waals surface area contributed by atoms with Crippen molar-refractivity contribution in [1.82, 2.24) is 9.80 Å². The highest BCUT2D eigenvalue weighted by Gasteiger charge is 2.44. The lowest BCUT2D eigenvalue weighted by Gasteiger charge is -2.54. The third-order valence-corrected chi connectivity index (χ3v) is 4.83. The molecule has 19 heavy (non-hydrogen) atoms. The summed E-state index contributed by atoms with van der Waals surface area (Å²) in [6, 6.07) is 0. The maximum absolute atomic E-state index is 12.0. The van der Waals surface area contributed by atoms with E-state index in [1.807, 2.05) is 13.8 Å². The zero-order chi connectivity index (χ0) is 13.9. The molecular formula is C16H30N2O. The summed E-state index contributed by atoms with van der Waals surface area (Å²) in [6.45, 7) is 12.1. The first-order valence-electron chi connectivity index (χ1n) is 8.07. The Balaban J connectivity index is 1.69. The van der Waals surface area contributed by atoms with Crippen molar-refractivity contribution in [3.8, 4) is 0 Å². The van der Waals surface area contributed by atoms with Gasteiger partial charge in [-0.1, -0.05) is 33.6 Å². The molecular weight excluding hydrogens is 236 g/mol. The molecule has 2 aliphatic heterocycles. The minimum atomic E-state index is 0.154. The molecule has 2 heterocycles. The van der Waals surface area contributed by atoms with Crippen molar-refractivity contribution in [3.05, 3.63) is 0 Å². The fraction of sp³-hybridized carbons (Fsp3) is 0.938. The Labute approximate surface area is 118 Å². The van der Waals surface area contributed by atoms with Gasteiger partial charge in [-0.05, 0) is 31.2 Å². The average Bonchev–Trinajstić information content (AvgIpc) is 2.37. The molecule has 0 aromatic heterocycles. The first-order valence-corrected chi connectivity index (χ1v) is 8.07. The second-order valence-corrected chi connectivity index (χ2v) is 6.90. The number of amides is 1. The zero-order valence-electron chi connectivity index (χ0n) is 13.0. The number of hydrogen-bond acceptors (Lipinski definition) is 2. The highest BCUT2D eigenvalue weighted by atomic mass is 16.2. The maximum atomic E-state index is 12.0. The van der Waals surface area contributed by atoms with Crippen LogP contribution in [0.1, 0.15) is 52.9 Å². The van der Waals surface area contributed by atoms with E-state index in [-0.39, 0.29) is 5.92 Å². The summed E-state index contributed by atoms with van der Waals surface area (Å²) in [4.78, 5) is 16.7. The topological polar surface area (TPSA) is 23.6 Å². The Morgan fingerprint density at radius 2 is 1.79 bits per heavy atom. The van der Waals surface area contributed by atoms with Gasteiger partial charge in [0.05, 0.1) is 0 Å². The molecule has 1 spiro atoms. The van der Waals surface area contributed by atoms with Crippen molar-refractivity contribution in [2.24, 2.45) is 11.3 Å². The minimum absolute atomic E-state index is 0.154. The zero-order valence-corrected chi connectivity index (χ0v) is 13.0. The van der Waals surface area contributed by atoms with Crippen molar-refractivity contribution in [1.29, 1.82) is 0 Å².